The van der Waals surface area contributed by atoms with Crippen LogP contribution in [0.4, 0.5) is 16.5 Å². The largest absolute Gasteiger partial charge is 0.495 e. The van der Waals surface area contributed by atoms with Gasteiger partial charge >= 0.3 is 0 Å². The molecule has 0 aliphatic heterocycles. The van der Waals surface area contributed by atoms with Crippen LogP contribution in [0.1, 0.15) is 0 Å². The molecule has 1 amide bonds. The van der Waals surface area contributed by atoms with Crippen LogP contribution in [0.15, 0.2) is 57.8 Å². The van der Waals surface area contributed by atoms with E-state index in [-0.39, 0.29) is 22.2 Å². The Morgan fingerprint density at radius 1 is 1.16 bits per heavy atom. The van der Waals surface area contributed by atoms with Crippen molar-refractivity contribution < 1.29 is 17.9 Å². The van der Waals surface area contributed by atoms with Crippen molar-refractivity contribution in [2.24, 2.45) is 0 Å². The summed E-state index contributed by atoms with van der Waals surface area (Å²) in [6, 6.07) is 13.9. The van der Waals surface area contributed by atoms with Crippen LogP contribution in [0.3, 0.4) is 0 Å². The second-order valence-electron chi connectivity index (χ2n) is 6.35. The minimum atomic E-state index is -3.64. The molecular weight excluding hydrogens is 458 g/mol. The molecule has 0 spiro atoms. The van der Waals surface area contributed by atoms with E-state index in [1.807, 2.05) is 30.3 Å². The number of para-hydroxylation sites is 1. The van der Waals surface area contributed by atoms with Crippen molar-refractivity contribution in [2.75, 3.05) is 37.6 Å². The normalized spacial score (nSPS) is 11.4. The molecule has 1 aromatic heterocycles. The lowest BCUT2D eigenvalue weighted by molar-refractivity contribution is -0.113. The summed E-state index contributed by atoms with van der Waals surface area (Å²) in [6.45, 7) is 0. The van der Waals surface area contributed by atoms with Gasteiger partial charge < -0.3 is 15.4 Å². The predicted octanol–water partition coefficient (Wildman–Crippen LogP) is 3.27. The number of hydrogen-bond acceptors (Lipinski definition) is 9. The Hall–Kier alpha value is -2.67. The Kier molecular flexibility index (Phi) is 7.49. The molecule has 31 heavy (non-hydrogen) atoms. The van der Waals surface area contributed by atoms with Crippen molar-refractivity contribution >= 4 is 55.5 Å². The standard InChI is InChI=1S/C19H21N5O4S3/c1-24(2)31(26,27)14-9-10-16(28-3)15(11-14)21-17(25)12-29-19-23-22-18(30-19)20-13-7-5-4-6-8-13/h4-11H,12H2,1-3H3,(H,20,22)(H,21,25). The van der Waals surface area contributed by atoms with Crippen LogP contribution in [-0.2, 0) is 14.8 Å². The Labute approximate surface area is 188 Å². The lowest BCUT2D eigenvalue weighted by Crippen LogP contribution is -2.22. The SMILES string of the molecule is COc1ccc(S(=O)(=O)N(C)C)cc1NC(=O)CSc1nnc(Nc2ccccc2)s1. The van der Waals surface area contributed by atoms with E-state index in [0.717, 1.165) is 9.99 Å². The van der Waals surface area contributed by atoms with Gasteiger partial charge in [-0.25, -0.2) is 12.7 Å². The zero-order valence-corrected chi connectivity index (χ0v) is 19.5. The van der Waals surface area contributed by atoms with E-state index in [4.69, 9.17) is 4.74 Å². The van der Waals surface area contributed by atoms with Crippen molar-refractivity contribution in [3.8, 4) is 5.75 Å². The highest BCUT2D eigenvalue weighted by molar-refractivity contribution is 8.01. The molecule has 0 fully saturated rings. The van der Waals surface area contributed by atoms with Gasteiger partial charge in [-0.05, 0) is 30.3 Å². The second-order valence-corrected chi connectivity index (χ2v) is 10.7. The number of methoxy groups -OCH3 is 1. The molecule has 0 atom stereocenters. The molecule has 0 unspecified atom stereocenters. The quantitative estimate of drug-likeness (QED) is 0.450. The molecule has 3 rings (SSSR count). The van der Waals surface area contributed by atoms with Gasteiger partial charge in [0.15, 0.2) is 4.34 Å². The minimum Gasteiger partial charge on any atom is -0.495 e. The predicted molar refractivity (Wildman–Crippen MR) is 123 cm³/mol. The van der Waals surface area contributed by atoms with Crippen LogP contribution in [0, 0.1) is 0 Å². The molecular formula is C19H21N5O4S3. The summed E-state index contributed by atoms with van der Waals surface area (Å²) in [4.78, 5) is 12.5. The Balaban J connectivity index is 1.63. The number of anilines is 3. The van der Waals surface area contributed by atoms with Crippen LogP contribution in [0.5, 0.6) is 5.75 Å². The van der Waals surface area contributed by atoms with Gasteiger partial charge in [-0.15, -0.1) is 10.2 Å². The van der Waals surface area contributed by atoms with Gasteiger partial charge in [-0.3, -0.25) is 4.79 Å². The number of nitrogens with zero attached hydrogens (tertiary/aromatic N) is 3. The summed E-state index contributed by atoms with van der Waals surface area (Å²) < 4.78 is 31.7. The van der Waals surface area contributed by atoms with Crippen molar-refractivity contribution in [1.82, 2.24) is 14.5 Å². The molecule has 0 aliphatic carbocycles. The number of carbonyl (C=O) groups is 1. The molecule has 0 radical (unpaired) electrons. The number of ether oxygens (including phenoxy) is 1. The number of aromatic nitrogens is 2. The molecule has 9 nitrogen and oxygen atoms in total. The van der Waals surface area contributed by atoms with E-state index in [9.17, 15) is 13.2 Å². The van der Waals surface area contributed by atoms with Gasteiger partial charge in [-0.1, -0.05) is 41.3 Å². The monoisotopic (exact) mass is 479 g/mol. The highest BCUT2D eigenvalue weighted by Crippen LogP contribution is 2.30. The zero-order chi connectivity index (χ0) is 22.4. The van der Waals surface area contributed by atoms with Gasteiger partial charge in [0, 0.05) is 19.8 Å². The lowest BCUT2D eigenvalue weighted by Gasteiger charge is -2.15. The fraction of sp³-hybridized carbons (Fsp3) is 0.211. The van der Waals surface area contributed by atoms with Crippen molar-refractivity contribution in [3.05, 3.63) is 48.5 Å². The van der Waals surface area contributed by atoms with Gasteiger partial charge in [0.2, 0.25) is 21.1 Å². The molecule has 2 N–H and O–H groups in total. The topological polar surface area (TPSA) is 114 Å². The summed E-state index contributed by atoms with van der Waals surface area (Å²) in [5.74, 6) is 0.116. The summed E-state index contributed by atoms with van der Waals surface area (Å²) >= 11 is 2.57. The number of thioether (sulfide) groups is 1. The number of benzene rings is 2. The summed E-state index contributed by atoms with van der Waals surface area (Å²) in [7, 11) is 0.690. The third-order valence-corrected chi connectivity index (χ3v) is 7.76. The van der Waals surface area contributed by atoms with Crippen LogP contribution in [-0.4, -0.2) is 55.8 Å². The second kappa shape index (κ2) is 10.1. The van der Waals surface area contributed by atoms with Crippen molar-refractivity contribution in [3.63, 3.8) is 0 Å². The third kappa shape index (κ3) is 5.94. The van der Waals surface area contributed by atoms with Crippen LogP contribution in [0.25, 0.3) is 0 Å². The molecule has 1 heterocycles. The molecule has 12 heteroatoms. The van der Waals surface area contributed by atoms with Crippen LogP contribution in [0.2, 0.25) is 0 Å². The Bertz CT molecular complexity index is 1150. The van der Waals surface area contributed by atoms with Crippen LogP contribution < -0.4 is 15.4 Å². The molecule has 2 aromatic carbocycles. The summed E-state index contributed by atoms with van der Waals surface area (Å²) in [6.07, 6.45) is 0. The van der Waals surface area contributed by atoms with Gasteiger partial charge in [0.25, 0.3) is 0 Å². The highest BCUT2D eigenvalue weighted by atomic mass is 32.2. The zero-order valence-electron chi connectivity index (χ0n) is 17.0. The average molecular weight is 480 g/mol. The number of carbonyl (C=O) groups excluding carboxylic acids is 1. The molecule has 0 saturated carbocycles. The Morgan fingerprint density at radius 2 is 1.90 bits per heavy atom. The number of hydrogen-bond donors (Lipinski definition) is 2. The first-order valence-electron chi connectivity index (χ1n) is 8.98. The smallest absolute Gasteiger partial charge is 0.242 e. The highest BCUT2D eigenvalue weighted by Gasteiger charge is 2.20. The van der Waals surface area contributed by atoms with E-state index in [0.29, 0.717) is 15.2 Å². The number of sulfonamides is 1. The van der Waals surface area contributed by atoms with Crippen LogP contribution >= 0.6 is 23.1 Å². The minimum absolute atomic E-state index is 0.0574. The van der Waals surface area contributed by atoms with Crippen molar-refractivity contribution in [2.45, 2.75) is 9.24 Å². The molecule has 0 saturated heterocycles. The molecule has 0 aliphatic rings. The van der Waals surface area contributed by atoms with Crippen molar-refractivity contribution in [1.29, 1.82) is 0 Å². The maximum absolute atomic E-state index is 12.4. The van der Waals surface area contributed by atoms with Gasteiger partial charge in [0.1, 0.15) is 5.75 Å². The van der Waals surface area contributed by atoms with E-state index >= 15 is 0 Å². The first-order chi connectivity index (χ1) is 14.8. The lowest BCUT2D eigenvalue weighted by atomic mass is 10.3. The van der Waals surface area contributed by atoms with Gasteiger partial charge in [-0.2, -0.15) is 0 Å². The summed E-state index contributed by atoms with van der Waals surface area (Å²) in [5.41, 5.74) is 1.17. The fourth-order valence-corrected chi connectivity index (χ4v) is 4.93. The average Bonchev–Trinajstić information content (AvgIpc) is 3.20. The first kappa shape index (κ1) is 23.0. The van der Waals surface area contributed by atoms with E-state index in [2.05, 4.69) is 20.8 Å². The van der Waals surface area contributed by atoms with E-state index in [1.165, 1.54) is 62.5 Å². The fourth-order valence-electron chi connectivity index (χ4n) is 2.43. The van der Waals surface area contributed by atoms with Gasteiger partial charge in [0.05, 0.1) is 23.4 Å². The van der Waals surface area contributed by atoms with E-state index in [1.54, 1.807) is 0 Å². The maximum Gasteiger partial charge on any atom is 0.242 e. The number of amides is 1. The number of rotatable bonds is 9. The van der Waals surface area contributed by atoms with E-state index < -0.39 is 10.0 Å². The number of nitrogens with one attached hydrogen (secondary N) is 2. The Morgan fingerprint density at radius 3 is 2.58 bits per heavy atom. The summed E-state index contributed by atoms with van der Waals surface area (Å²) in [5, 5.41) is 14.6. The maximum atomic E-state index is 12.4. The third-order valence-electron chi connectivity index (χ3n) is 3.98. The molecule has 164 valence electrons. The molecule has 3 aromatic rings. The molecule has 0 bridgehead atoms. The first-order valence-corrected chi connectivity index (χ1v) is 12.2.